The molecule has 0 saturated carbocycles. The van der Waals surface area contributed by atoms with Crippen molar-refractivity contribution in [2.45, 2.75) is 18.1 Å². The summed E-state index contributed by atoms with van der Waals surface area (Å²) in [5.74, 6) is -0.698. The Morgan fingerprint density at radius 3 is 2.61 bits per heavy atom. The Morgan fingerprint density at radius 2 is 1.90 bits per heavy atom. The van der Waals surface area contributed by atoms with Crippen molar-refractivity contribution in [3.8, 4) is 0 Å². The fourth-order valence-electron chi connectivity index (χ4n) is 2.69. The molecule has 3 rings (SSSR count). The average Bonchev–Trinajstić information content (AvgIpc) is 3.10. The van der Waals surface area contributed by atoms with Gasteiger partial charge in [0.2, 0.25) is 5.91 Å². The van der Waals surface area contributed by atoms with Gasteiger partial charge in [-0.2, -0.15) is 0 Å². The summed E-state index contributed by atoms with van der Waals surface area (Å²) in [6, 6.07) is 10.1. The van der Waals surface area contributed by atoms with Crippen molar-refractivity contribution in [1.29, 1.82) is 0 Å². The quantitative estimate of drug-likeness (QED) is 0.485. The van der Waals surface area contributed by atoms with Crippen molar-refractivity contribution < 1.29 is 14.0 Å². The van der Waals surface area contributed by atoms with Crippen LogP contribution in [0.5, 0.6) is 0 Å². The van der Waals surface area contributed by atoms with Crippen LogP contribution in [0.2, 0.25) is 10.0 Å². The molecule has 1 aromatic heterocycles. The number of hydrogen-bond acceptors (Lipinski definition) is 5. The van der Waals surface area contributed by atoms with Gasteiger partial charge in [0.25, 0.3) is 5.91 Å². The first kappa shape index (κ1) is 23.1. The highest BCUT2D eigenvalue weighted by molar-refractivity contribution is 7.99. The maximum absolute atomic E-state index is 13.6. The summed E-state index contributed by atoms with van der Waals surface area (Å²) in [4.78, 5) is 24.6. The van der Waals surface area contributed by atoms with Crippen LogP contribution in [0.1, 0.15) is 29.1 Å². The SMILES string of the molecule is C[C@@H](NC(=O)c1ccc(Cl)c(Cl)c1)c1nnc(SCC(=O)Nc2ccccc2F)n1C. The summed E-state index contributed by atoms with van der Waals surface area (Å²) >= 11 is 13.0. The minimum absolute atomic E-state index is 0.0182. The molecule has 0 spiro atoms. The van der Waals surface area contributed by atoms with Crippen molar-refractivity contribution >= 4 is 52.5 Å². The van der Waals surface area contributed by atoms with Crippen LogP contribution in [0.3, 0.4) is 0 Å². The Morgan fingerprint density at radius 1 is 1.16 bits per heavy atom. The molecule has 11 heteroatoms. The van der Waals surface area contributed by atoms with Gasteiger partial charge in [-0.25, -0.2) is 4.39 Å². The third-order valence-electron chi connectivity index (χ3n) is 4.27. The lowest BCUT2D eigenvalue weighted by Crippen LogP contribution is -2.28. The first-order chi connectivity index (χ1) is 14.8. The number of carbonyl (C=O) groups is 2. The number of anilines is 1. The zero-order chi connectivity index (χ0) is 22.5. The van der Waals surface area contributed by atoms with Gasteiger partial charge in [-0.15, -0.1) is 10.2 Å². The smallest absolute Gasteiger partial charge is 0.251 e. The Kier molecular flexibility index (Phi) is 7.53. The number of thioether (sulfide) groups is 1. The van der Waals surface area contributed by atoms with Gasteiger partial charge in [-0.05, 0) is 37.3 Å². The van der Waals surface area contributed by atoms with Crippen molar-refractivity contribution in [2.24, 2.45) is 7.05 Å². The molecule has 0 fully saturated rings. The summed E-state index contributed by atoms with van der Waals surface area (Å²) in [5, 5.41) is 14.6. The summed E-state index contributed by atoms with van der Waals surface area (Å²) < 4.78 is 15.3. The number of nitrogens with zero attached hydrogens (tertiary/aromatic N) is 3. The Labute approximate surface area is 192 Å². The van der Waals surface area contributed by atoms with Gasteiger partial charge < -0.3 is 15.2 Å². The lowest BCUT2D eigenvalue weighted by Gasteiger charge is -2.14. The molecule has 162 valence electrons. The average molecular weight is 482 g/mol. The summed E-state index contributed by atoms with van der Waals surface area (Å²) in [5.41, 5.74) is 0.480. The number of aromatic nitrogens is 3. The summed E-state index contributed by atoms with van der Waals surface area (Å²) in [6.45, 7) is 1.76. The highest BCUT2D eigenvalue weighted by Gasteiger charge is 2.19. The normalized spacial score (nSPS) is 11.8. The number of amides is 2. The van der Waals surface area contributed by atoms with Crippen LogP contribution in [0.25, 0.3) is 0 Å². The number of carbonyl (C=O) groups excluding carboxylic acids is 2. The van der Waals surface area contributed by atoms with Gasteiger partial charge in [0.1, 0.15) is 5.82 Å². The molecule has 7 nitrogen and oxygen atoms in total. The maximum atomic E-state index is 13.6. The molecule has 1 heterocycles. The molecule has 2 aromatic carbocycles. The lowest BCUT2D eigenvalue weighted by molar-refractivity contribution is -0.113. The maximum Gasteiger partial charge on any atom is 0.251 e. The van der Waals surface area contributed by atoms with Crippen molar-refractivity contribution in [1.82, 2.24) is 20.1 Å². The van der Waals surface area contributed by atoms with E-state index in [4.69, 9.17) is 23.2 Å². The zero-order valence-corrected chi connectivity index (χ0v) is 18.9. The number of para-hydroxylation sites is 1. The van der Waals surface area contributed by atoms with Gasteiger partial charge in [-0.1, -0.05) is 47.1 Å². The van der Waals surface area contributed by atoms with Crippen LogP contribution in [0.15, 0.2) is 47.6 Å². The molecule has 0 radical (unpaired) electrons. The van der Waals surface area contributed by atoms with Gasteiger partial charge in [0.15, 0.2) is 11.0 Å². The second kappa shape index (κ2) is 10.1. The minimum Gasteiger partial charge on any atom is -0.342 e. The van der Waals surface area contributed by atoms with Crippen LogP contribution in [-0.2, 0) is 11.8 Å². The van der Waals surface area contributed by atoms with Crippen LogP contribution >= 0.6 is 35.0 Å². The molecule has 0 aliphatic carbocycles. The van der Waals surface area contributed by atoms with E-state index in [1.54, 1.807) is 42.8 Å². The second-order valence-electron chi connectivity index (χ2n) is 6.54. The lowest BCUT2D eigenvalue weighted by atomic mass is 10.2. The molecule has 0 bridgehead atoms. The van der Waals surface area contributed by atoms with Crippen molar-refractivity contribution in [3.63, 3.8) is 0 Å². The summed E-state index contributed by atoms with van der Waals surface area (Å²) in [6.07, 6.45) is 0. The number of nitrogens with one attached hydrogen (secondary N) is 2. The van der Waals surface area contributed by atoms with Gasteiger partial charge in [0.05, 0.1) is 27.5 Å². The van der Waals surface area contributed by atoms with Gasteiger partial charge in [-0.3, -0.25) is 9.59 Å². The van der Waals surface area contributed by atoms with Gasteiger partial charge >= 0.3 is 0 Å². The van der Waals surface area contributed by atoms with E-state index in [0.29, 0.717) is 21.6 Å². The van der Waals surface area contributed by atoms with Crippen molar-refractivity contribution in [3.05, 3.63) is 69.7 Å². The first-order valence-electron chi connectivity index (χ1n) is 9.08. The molecular weight excluding hydrogens is 464 g/mol. The fraction of sp³-hybridized carbons (Fsp3) is 0.200. The fourth-order valence-corrected chi connectivity index (χ4v) is 3.71. The molecule has 1 atom stereocenters. The van der Waals surface area contributed by atoms with E-state index in [2.05, 4.69) is 20.8 Å². The number of benzene rings is 2. The van der Waals surface area contributed by atoms with E-state index in [1.807, 2.05) is 0 Å². The van der Waals surface area contributed by atoms with E-state index in [9.17, 15) is 14.0 Å². The van der Waals surface area contributed by atoms with Crippen molar-refractivity contribution in [2.75, 3.05) is 11.1 Å². The van der Waals surface area contributed by atoms with Crippen LogP contribution in [0, 0.1) is 5.82 Å². The molecule has 0 aliphatic rings. The monoisotopic (exact) mass is 481 g/mol. The second-order valence-corrected chi connectivity index (χ2v) is 8.30. The molecule has 0 saturated heterocycles. The third kappa shape index (κ3) is 5.75. The molecule has 0 aliphatic heterocycles. The largest absolute Gasteiger partial charge is 0.342 e. The van der Waals surface area contributed by atoms with Crippen LogP contribution in [-0.4, -0.2) is 32.3 Å². The Hall–Kier alpha value is -2.62. The summed E-state index contributed by atoms with van der Waals surface area (Å²) in [7, 11) is 1.73. The van der Waals surface area contributed by atoms with E-state index in [-0.39, 0.29) is 28.3 Å². The van der Waals surface area contributed by atoms with E-state index < -0.39 is 11.9 Å². The van der Waals surface area contributed by atoms with Crippen LogP contribution in [0.4, 0.5) is 10.1 Å². The van der Waals surface area contributed by atoms with Gasteiger partial charge in [0, 0.05) is 12.6 Å². The number of rotatable bonds is 7. The molecule has 3 aromatic rings. The molecule has 31 heavy (non-hydrogen) atoms. The standard InChI is InChI=1S/C20H18Cl2FN5O2S/c1-11(24-19(30)12-7-8-13(21)14(22)9-12)18-26-27-20(28(18)2)31-10-17(29)25-16-6-4-3-5-15(16)23/h3-9,11H,10H2,1-2H3,(H,24,30)(H,25,29)/t11-/m1/s1. The topological polar surface area (TPSA) is 88.9 Å². The highest BCUT2D eigenvalue weighted by Crippen LogP contribution is 2.24. The molecular formula is C20H18Cl2FN5O2S. The Bertz CT molecular complexity index is 1120. The first-order valence-corrected chi connectivity index (χ1v) is 10.8. The zero-order valence-electron chi connectivity index (χ0n) is 16.5. The number of halogens is 3. The Balaban J connectivity index is 1.59. The predicted octanol–water partition coefficient (Wildman–Crippen LogP) is 4.48. The predicted molar refractivity (Wildman–Crippen MR) is 119 cm³/mol. The van der Waals surface area contributed by atoms with E-state index >= 15 is 0 Å². The third-order valence-corrected chi connectivity index (χ3v) is 6.02. The number of hydrogen-bond donors (Lipinski definition) is 2. The molecule has 2 amide bonds. The molecule has 2 N–H and O–H groups in total. The van der Waals surface area contributed by atoms with E-state index in [0.717, 1.165) is 11.8 Å². The minimum atomic E-state index is -0.506. The highest BCUT2D eigenvalue weighted by atomic mass is 35.5. The molecule has 0 unspecified atom stereocenters. The van der Waals surface area contributed by atoms with Crippen LogP contribution < -0.4 is 10.6 Å². The van der Waals surface area contributed by atoms with E-state index in [1.165, 1.54) is 18.2 Å².